The fraction of sp³-hybridized carbons (Fsp3) is 0.222. The van der Waals surface area contributed by atoms with E-state index in [-0.39, 0.29) is 10.9 Å². The lowest BCUT2D eigenvalue weighted by Crippen LogP contribution is -2.38. The molecule has 2 aliphatic rings. The minimum absolute atomic E-state index is 0.0134. The van der Waals surface area contributed by atoms with Gasteiger partial charge in [-0.3, -0.25) is 4.98 Å². The summed E-state index contributed by atoms with van der Waals surface area (Å²) in [6, 6.07) is 15.4. The van der Waals surface area contributed by atoms with Gasteiger partial charge in [0, 0.05) is 12.2 Å². The zero-order chi connectivity index (χ0) is 25.6. The minimum atomic E-state index is -4.39. The molecule has 3 aromatic rings. The maximum Gasteiger partial charge on any atom is 0.416 e. The summed E-state index contributed by atoms with van der Waals surface area (Å²) in [5.74, 6) is 0. The highest BCUT2D eigenvalue weighted by atomic mass is 32.2. The molecule has 2 aromatic carbocycles. The lowest BCUT2D eigenvalue weighted by atomic mass is 9.89. The monoisotopic (exact) mass is 511 g/mol. The number of sulfonamides is 1. The molecule has 9 heteroatoms. The number of allylic oxidation sites excluding steroid dienone is 2. The Morgan fingerprint density at radius 1 is 1.03 bits per heavy atom. The molecule has 5 rings (SSSR count). The Labute approximate surface area is 207 Å². The van der Waals surface area contributed by atoms with Crippen LogP contribution in [0.1, 0.15) is 36.6 Å². The summed E-state index contributed by atoms with van der Waals surface area (Å²) in [7, 11) is -3.60. The van der Waals surface area contributed by atoms with E-state index in [0.717, 1.165) is 36.1 Å². The highest BCUT2D eigenvalue weighted by Gasteiger charge is 2.32. The van der Waals surface area contributed by atoms with E-state index in [1.807, 2.05) is 31.2 Å². The highest BCUT2D eigenvalue weighted by Crippen LogP contribution is 2.33. The molecule has 1 fully saturated rings. The number of dihydropyridines is 1. The van der Waals surface area contributed by atoms with Gasteiger partial charge < -0.3 is 5.32 Å². The molecule has 36 heavy (non-hydrogen) atoms. The largest absolute Gasteiger partial charge is 0.416 e. The van der Waals surface area contributed by atoms with Crippen LogP contribution in [0.15, 0.2) is 90.0 Å². The third-order valence-electron chi connectivity index (χ3n) is 6.31. The van der Waals surface area contributed by atoms with Crippen LogP contribution in [-0.4, -0.2) is 19.4 Å². The van der Waals surface area contributed by atoms with Crippen LogP contribution >= 0.6 is 0 Å². The van der Waals surface area contributed by atoms with Crippen LogP contribution in [-0.2, 0) is 21.7 Å². The van der Waals surface area contributed by atoms with Crippen LogP contribution in [0.25, 0.3) is 16.8 Å². The number of rotatable bonds is 6. The first-order chi connectivity index (χ1) is 17.0. The smallest absolute Gasteiger partial charge is 0.371 e. The average Bonchev–Trinajstić information content (AvgIpc) is 3.67. The van der Waals surface area contributed by atoms with Gasteiger partial charge in [0.15, 0.2) is 0 Å². The van der Waals surface area contributed by atoms with E-state index in [9.17, 15) is 21.6 Å². The van der Waals surface area contributed by atoms with Crippen molar-refractivity contribution in [3.8, 4) is 11.1 Å². The quantitative estimate of drug-likeness (QED) is 0.451. The molecule has 0 saturated heterocycles. The van der Waals surface area contributed by atoms with Gasteiger partial charge in [0.2, 0.25) is 10.0 Å². The average molecular weight is 512 g/mol. The number of alkyl halides is 3. The second kappa shape index (κ2) is 8.90. The number of nitrogens with zero attached hydrogens (tertiary/aromatic N) is 1. The third kappa shape index (κ3) is 5.08. The molecule has 0 amide bonds. The summed E-state index contributed by atoms with van der Waals surface area (Å²) in [5, 5.41) is 3.45. The predicted molar refractivity (Wildman–Crippen MR) is 132 cm³/mol. The molecule has 186 valence electrons. The molecule has 1 unspecified atom stereocenters. The second-order valence-electron chi connectivity index (χ2n) is 9.20. The molecule has 2 heterocycles. The third-order valence-corrected chi connectivity index (χ3v) is 7.83. The minimum Gasteiger partial charge on any atom is -0.371 e. The van der Waals surface area contributed by atoms with Gasteiger partial charge in [-0.1, -0.05) is 36.4 Å². The fourth-order valence-corrected chi connectivity index (χ4v) is 5.45. The lowest BCUT2D eigenvalue weighted by molar-refractivity contribution is -0.137. The lowest BCUT2D eigenvalue weighted by Gasteiger charge is -2.33. The normalized spacial score (nSPS) is 20.1. The van der Waals surface area contributed by atoms with Crippen molar-refractivity contribution < 1.29 is 21.6 Å². The van der Waals surface area contributed by atoms with Crippen LogP contribution in [0.5, 0.6) is 0 Å². The molecule has 1 aliphatic heterocycles. The van der Waals surface area contributed by atoms with E-state index >= 15 is 0 Å². The number of aromatic nitrogens is 1. The van der Waals surface area contributed by atoms with Gasteiger partial charge in [-0.15, -0.1) is 0 Å². The molecule has 5 nitrogen and oxygen atoms in total. The predicted octanol–water partition coefficient (Wildman–Crippen LogP) is 5.62. The van der Waals surface area contributed by atoms with Crippen molar-refractivity contribution in [3.63, 3.8) is 0 Å². The number of pyridine rings is 1. The maximum absolute atomic E-state index is 12.9. The van der Waals surface area contributed by atoms with Crippen LogP contribution in [0, 0.1) is 0 Å². The maximum atomic E-state index is 12.9. The number of benzene rings is 2. The molecule has 0 spiro atoms. The molecule has 1 atom stereocenters. The van der Waals surface area contributed by atoms with Gasteiger partial charge >= 0.3 is 6.18 Å². The summed E-state index contributed by atoms with van der Waals surface area (Å²) in [6.07, 6.45) is 4.60. The van der Waals surface area contributed by atoms with Crippen molar-refractivity contribution in [1.82, 2.24) is 15.0 Å². The Kier molecular flexibility index (Phi) is 6.00. The zero-order valence-electron chi connectivity index (χ0n) is 19.4. The highest BCUT2D eigenvalue weighted by molar-refractivity contribution is 7.89. The van der Waals surface area contributed by atoms with Gasteiger partial charge in [0.05, 0.1) is 27.4 Å². The molecule has 1 aliphatic carbocycles. The standard InChI is InChI=1S/C27H24F3N3O2S/c1-26(21-4-2-5-23(17-21)36(34,35)33-22-11-12-22)14-3-6-24(32-26)25-16-19(13-15-31-25)18-7-9-20(10-8-18)27(28,29)30/h2-10,13-17,22,32-33H,11-12H2,1H3. The Hall–Kier alpha value is -3.43. The zero-order valence-corrected chi connectivity index (χ0v) is 20.2. The number of hydrogen-bond acceptors (Lipinski definition) is 4. The van der Waals surface area contributed by atoms with E-state index in [1.54, 1.807) is 36.5 Å². The Bertz CT molecular complexity index is 1460. The van der Waals surface area contributed by atoms with Gasteiger partial charge in [0.1, 0.15) is 0 Å². The number of hydrogen-bond donors (Lipinski definition) is 2. The van der Waals surface area contributed by atoms with Crippen molar-refractivity contribution in [3.05, 3.63) is 102 Å². The molecule has 1 saturated carbocycles. The molecule has 0 radical (unpaired) electrons. The molecule has 0 bridgehead atoms. The van der Waals surface area contributed by atoms with Gasteiger partial charge in [0.25, 0.3) is 0 Å². The van der Waals surface area contributed by atoms with Crippen LogP contribution in [0.3, 0.4) is 0 Å². The SMILES string of the molecule is CC1(c2cccc(S(=O)(=O)NC3CC3)c2)C=CC=C(c2cc(-c3ccc(C(F)(F)F)cc3)ccn2)N1. The number of nitrogens with one attached hydrogen (secondary N) is 2. The van der Waals surface area contributed by atoms with E-state index in [2.05, 4.69) is 15.0 Å². The van der Waals surface area contributed by atoms with Crippen LogP contribution in [0.4, 0.5) is 13.2 Å². The number of halogens is 3. The van der Waals surface area contributed by atoms with Crippen LogP contribution < -0.4 is 10.0 Å². The van der Waals surface area contributed by atoms with E-state index in [4.69, 9.17) is 0 Å². The summed E-state index contributed by atoms with van der Waals surface area (Å²) < 4.78 is 66.9. The van der Waals surface area contributed by atoms with E-state index < -0.39 is 27.3 Å². The summed E-state index contributed by atoms with van der Waals surface area (Å²) in [4.78, 5) is 4.66. The van der Waals surface area contributed by atoms with Crippen molar-refractivity contribution >= 4 is 15.7 Å². The fourth-order valence-electron chi connectivity index (χ4n) is 4.10. The first kappa shape index (κ1) is 24.3. The summed E-state index contributed by atoms with van der Waals surface area (Å²) in [5.41, 5.74) is 2.05. The van der Waals surface area contributed by atoms with Gasteiger partial charge in [-0.2, -0.15) is 13.2 Å². The topological polar surface area (TPSA) is 71.1 Å². The van der Waals surface area contributed by atoms with Gasteiger partial charge in [-0.25, -0.2) is 13.1 Å². The van der Waals surface area contributed by atoms with E-state index in [0.29, 0.717) is 17.0 Å². The Morgan fingerprint density at radius 2 is 1.78 bits per heavy atom. The van der Waals surface area contributed by atoms with Gasteiger partial charge in [-0.05, 0) is 78.9 Å². The summed E-state index contributed by atoms with van der Waals surface area (Å²) >= 11 is 0. The van der Waals surface area contributed by atoms with Crippen molar-refractivity contribution in [1.29, 1.82) is 0 Å². The molecule has 1 aromatic heterocycles. The molecular formula is C27H24F3N3O2S. The molecule has 2 N–H and O–H groups in total. The van der Waals surface area contributed by atoms with E-state index in [1.165, 1.54) is 12.1 Å². The summed E-state index contributed by atoms with van der Waals surface area (Å²) in [6.45, 7) is 1.94. The van der Waals surface area contributed by atoms with Crippen molar-refractivity contribution in [2.45, 2.75) is 42.4 Å². The Balaban J connectivity index is 1.40. The Morgan fingerprint density at radius 3 is 2.47 bits per heavy atom. The van der Waals surface area contributed by atoms with Crippen molar-refractivity contribution in [2.75, 3.05) is 0 Å². The first-order valence-corrected chi connectivity index (χ1v) is 13.0. The first-order valence-electron chi connectivity index (χ1n) is 11.5. The van der Waals surface area contributed by atoms with Crippen molar-refractivity contribution in [2.24, 2.45) is 0 Å². The second-order valence-corrected chi connectivity index (χ2v) is 10.9. The van der Waals surface area contributed by atoms with Crippen LogP contribution in [0.2, 0.25) is 0 Å². The molecular weight excluding hydrogens is 487 g/mol.